The molecule has 0 fully saturated rings. The first kappa shape index (κ1) is 18.8. The maximum atomic E-state index is 13.3. The van der Waals surface area contributed by atoms with Crippen LogP contribution >= 0.6 is 11.6 Å². The van der Waals surface area contributed by atoms with E-state index in [2.05, 4.69) is 10.4 Å². The molecule has 3 aromatic rings. The molecule has 5 nitrogen and oxygen atoms in total. The van der Waals surface area contributed by atoms with E-state index in [1.54, 1.807) is 31.2 Å². The molecule has 0 unspecified atom stereocenters. The lowest BCUT2D eigenvalue weighted by Crippen LogP contribution is -2.28. The van der Waals surface area contributed by atoms with E-state index in [1.807, 2.05) is 0 Å². The summed E-state index contributed by atoms with van der Waals surface area (Å²) >= 11 is 6.19. The fraction of sp³-hybridized carbons (Fsp3) is 0.150. The first-order chi connectivity index (χ1) is 12.9. The van der Waals surface area contributed by atoms with Crippen molar-refractivity contribution in [3.05, 3.63) is 75.3 Å². The van der Waals surface area contributed by atoms with E-state index in [4.69, 9.17) is 11.6 Å². The summed E-state index contributed by atoms with van der Waals surface area (Å²) in [6.45, 7) is 3.44. The Labute approximate surface area is 160 Å². The van der Waals surface area contributed by atoms with E-state index in [0.717, 1.165) is 0 Å². The lowest BCUT2D eigenvalue weighted by atomic mass is 10.0. The molecule has 3 rings (SSSR count). The highest BCUT2D eigenvalue weighted by atomic mass is 35.5. The Morgan fingerprint density at radius 3 is 2.44 bits per heavy atom. The van der Waals surface area contributed by atoms with Crippen LogP contribution in [0.4, 0.5) is 15.8 Å². The van der Waals surface area contributed by atoms with Gasteiger partial charge in [-0.15, -0.1) is 0 Å². The average molecular weight is 386 g/mol. The van der Waals surface area contributed by atoms with Crippen molar-refractivity contribution in [1.82, 2.24) is 9.78 Å². The summed E-state index contributed by atoms with van der Waals surface area (Å²) in [5.74, 6) is -0.738. The topological polar surface area (TPSA) is 64.0 Å². The highest BCUT2D eigenvalue weighted by molar-refractivity contribution is 6.33. The summed E-state index contributed by atoms with van der Waals surface area (Å²) in [4.78, 5) is 25.3. The standard InChI is InChI=1S/C20H17ClFN3O2/c1-3-25-20(27)19(23-16-7-5-4-6-15(16)21)17(12(2)26)18(24-25)13-8-10-14(22)11-9-13/h4-11,23H,3H2,1-2H3. The summed E-state index contributed by atoms with van der Waals surface area (Å²) in [5.41, 5.74) is 1.12. The second kappa shape index (κ2) is 7.72. The summed E-state index contributed by atoms with van der Waals surface area (Å²) in [6, 6.07) is 12.5. The molecule has 0 radical (unpaired) electrons. The number of aryl methyl sites for hydroxylation is 1. The third-order valence-corrected chi connectivity index (χ3v) is 4.39. The Kier molecular flexibility index (Phi) is 5.37. The van der Waals surface area contributed by atoms with Gasteiger partial charge in [0, 0.05) is 12.1 Å². The van der Waals surface area contributed by atoms with E-state index in [9.17, 15) is 14.0 Å². The first-order valence-corrected chi connectivity index (χ1v) is 8.73. The molecule has 7 heteroatoms. The number of para-hydroxylation sites is 1. The molecule has 0 aliphatic heterocycles. The third kappa shape index (κ3) is 3.75. The maximum Gasteiger partial charge on any atom is 0.291 e. The monoisotopic (exact) mass is 385 g/mol. The molecular formula is C20H17ClFN3O2. The van der Waals surface area contributed by atoms with Crippen LogP contribution in [0.15, 0.2) is 53.3 Å². The summed E-state index contributed by atoms with van der Waals surface area (Å²) < 4.78 is 14.6. The number of hydrogen-bond acceptors (Lipinski definition) is 4. The Morgan fingerprint density at radius 1 is 1.19 bits per heavy atom. The van der Waals surface area contributed by atoms with Crippen LogP contribution in [0.2, 0.25) is 5.02 Å². The number of hydrogen-bond donors (Lipinski definition) is 1. The van der Waals surface area contributed by atoms with E-state index < -0.39 is 11.4 Å². The number of rotatable bonds is 5. The highest BCUT2D eigenvalue weighted by Crippen LogP contribution is 2.30. The van der Waals surface area contributed by atoms with Crippen molar-refractivity contribution in [2.75, 3.05) is 5.32 Å². The zero-order chi connectivity index (χ0) is 19.6. The third-order valence-electron chi connectivity index (χ3n) is 4.06. The van der Waals surface area contributed by atoms with Gasteiger partial charge in [0.2, 0.25) is 0 Å². The molecule has 0 atom stereocenters. The lowest BCUT2D eigenvalue weighted by Gasteiger charge is -2.16. The molecular weight excluding hydrogens is 369 g/mol. The van der Waals surface area contributed by atoms with Crippen LogP contribution < -0.4 is 10.9 Å². The van der Waals surface area contributed by atoms with Crippen LogP contribution in [-0.4, -0.2) is 15.6 Å². The quantitative estimate of drug-likeness (QED) is 0.648. The zero-order valence-corrected chi connectivity index (χ0v) is 15.5. The van der Waals surface area contributed by atoms with Crippen molar-refractivity contribution >= 4 is 28.8 Å². The molecule has 1 N–H and O–H groups in total. The Bertz CT molecular complexity index is 1060. The van der Waals surface area contributed by atoms with Crippen molar-refractivity contribution < 1.29 is 9.18 Å². The second-order valence-corrected chi connectivity index (χ2v) is 6.29. The minimum absolute atomic E-state index is 0.0896. The SMILES string of the molecule is CCn1nc(-c2ccc(F)cc2)c(C(C)=O)c(Nc2ccccc2Cl)c1=O. The minimum Gasteiger partial charge on any atom is -0.349 e. The van der Waals surface area contributed by atoms with Crippen LogP contribution in [0.1, 0.15) is 24.2 Å². The van der Waals surface area contributed by atoms with Crippen molar-refractivity contribution in [2.24, 2.45) is 0 Å². The predicted molar refractivity (Wildman–Crippen MR) is 104 cm³/mol. The number of halogens is 2. The lowest BCUT2D eigenvalue weighted by molar-refractivity contribution is 0.101. The molecule has 1 heterocycles. The number of aromatic nitrogens is 2. The van der Waals surface area contributed by atoms with Gasteiger partial charge < -0.3 is 5.32 Å². The van der Waals surface area contributed by atoms with E-state index >= 15 is 0 Å². The van der Waals surface area contributed by atoms with Crippen LogP contribution in [0.3, 0.4) is 0 Å². The van der Waals surface area contributed by atoms with Crippen molar-refractivity contribution in [3.8, 4) is 11.3 Å². The normalized spacial score (nSPS) is 10.7. The van der Waals surface area contributed by atoms with Gasteiger partial charge in [-0.05, 0) is 50.2 Å². The number of anilines is 2. The Hall–Kier alpha value is -2.99. The summed E-state index contributed by atoms with van der Waals surface area (Å²) in [5, 5.41) is 7.72. The maximum absolute atomic E-state index is 13.3. The zero-order valence-electron chi connectivity index (χ0n) is 14.8. The van der Waals surface area contributed by atoms with E-state index in [-0.39, 0.29) is 17.0 Å². The van der Waals surface area contributed by atoms with Gasteiger partial charge in [-0.3, -0.25) is 9.59 Å². The average Bonchev–Trinajstić information content (AvgIpc) is 2.65. The van der Waals surface area contributed by atoms with Gasteiger partial charge in [0.05, 0.1) is 16.3 Å². The molecule has 0 amide bonds. The summed E-state index contributed by atoms with van der Waals surface area (Å²) in [6.07, 6.45) is 0. The van der Waals surface area contributed by atoms with Gasteiger partial charge in [0.15, 0.2) is 5.78 Å². The molecule has 27 heavy (non-hydrogen) atoms. The molecule has 0 spiro atoms. The number of Topliss-reactive ketones (excluding diaryl/α,β-unsaturated/α-hetero) is 1. The van der Waals surface area contributed by atoms with Crippen molar-refractivity contribution in [2.45, 2.75) is 20.4 Å². The van der Waals surface area contributed by atoms with E-state index in [1.165, 1.54) is 35.9 Å². The number of carbonyl (C=O) groups excluding carboxylic acids is 1. The minimum atomic E-state index is -0.437. The fourth-order valence-corrected chi connectivity index (χ4v) is 2.93. The van der Waals surface area contributed by atoms with Gasteiger partial charge in [-0.25, -0.2) is 9.07 Å². The van der Waals surface area contributed by atoms with Crippen molar-refractivity contribution in [3.63, 3.8) is 0 Å². The molecule has 0 bridgehead atoms. The van der Waals surface area contributed by atoms with Crippen molar-refractivity contribution in [1.29, 1.82) is 0 Å². The molecule has 1 aromatic heterocycles. The highest BCUT2D eigenvalue weighted by Gasteiger charge is 2.22. The Balaban J connectivity index is 2.29. The largest absolute Gasteiger partial charge is 0.349 e. The number of nitrogens with zero attached hydrogens (tertiary/aromatic N) is 2. The molecule has 0 saturated carbocycles. The van der Waals surface area contributed by atoms with Crippen LogP contribution in [-0.2, 0) is 6.54 Å². The summed E-state index contributed by atoms with van der Waals surface area (Å²) in [7, 11) is 0. The molecule has 0 aliphatic carbocycles. The smallest absolute Gasteiger partial charge is 0.291 e. The number of benzene rings is 2. The number of carbonyl (C=O) groups is 1. The van der Waals surface area contributed by atoms with Gasteiger partial charge in [-0.1, -0.05) is 23.7 Å². The van der Waals surface area contributed by atoms with E-state index in [0.29, 0.717) is 28.5 Å². The fourth-order valence-electron chi connectivity index (χ4n) is 2.75. The molecule has 0 saturated heterocycles. The van der Waals surface area contributed by atoms with Gasteiger partial charge in [-0.2, -0.15) is 5.10 Å². The number of ketones is 1. The van der Waals surface area contributed by atoms with Gasteiger partial charge in [0.25, 0.3) is 5.56 Å². The Morgan fingerprint density at radius 2 is 1.85 bits per heavy atom. The number of nitrogens with one attached hydrogen (secondary N) is 1. The second-order valence-electron chi connectivity index (χ2n) is 5.89. The predicted octanol–water partition coefficient (Wildman–Crippen LogP) is 4.67. The molecule has 2 aromatic carbocycles. The van der Waals surface area contributed by atoms with Crippen LogP contribution in [0.5, 0.6) is 0 Å². The van der Waals surface area contributed by atoms with Crippen LogP contribution in [0, 0.1) is 5.82 Å². The van der Waals surface area contributed by atoms with Crippen LogP contribution in [0.25, 0.3) is 11.3 Å². The van der Waals surface area contributed by atoms with Gasteiger partial charge in [0.1, 0.15) is 17.2 Å². The first-order valence-electron chi connectivity index (χ1n) is 8.36. The van der Waals surface area contributed by atoms with Gasteiger partial charge >= 0.3 is 0 Å². The molecule has 0 aliphatic rings. The molecule has 138 valence electrons.